The molecule has 0 amide bonds. The lowest BCUT2D eigenvalue weighted by Crippen LogP contribution is -2.56. The van der Waals surface area contributed by atoms with Gasteiger partial charge in [0.25, 0.3) is 5.92 Å². The first-order valence-electron chi connectivity index (χ1n) is 15.0. The Labute approximate surface area is 266 Å². The molecule has 1 atom stereocenters. The monoisotopic (exact) mass is 657 g/mol. The van der Waals surface area contributed by atoms with Crippen molar-refractivity contribution in [2.75, 3.05) is 30.3 Å². The first-order valence-corrected chi connectivity index (χ1v) is 15.0. The standard InChI is InChI=1S/C22H23N3O.C11H9F5N2O3/c1-13-24-21(25-26-13)22(2,12-14-7-8-14)19-10-9-17-16-6-4-3-5-15(16)11-18(17)20(19)23;12-10(13)3-18(4-10)7-2-17-6(9(19)20)1-8(7)21-5-11(14,15)16/h3-6,9-10,14H,7-8,11-12,23H2,1-2H3;1-2H,3-5H2,(H,19,20). The van der Waals surface area contributed by atoms with Crippen molar-refractivity contribution < 1.29 is 41.1 Å². The van der Waals surface area contributed by atoms with Crippen molar-refractivity contribution in [3.63, 3.8) is 0 Å². The Bertz CT molecular complexity index is 1820. The number of hydrogen-bond acceptors (Lipinski definition) is 8. The van der Waals surface area contributed by atoms with Crippen LogP contribution in [0.2, 0.25) is 0 Å². The summed E-state index contributed by atoms with van der Waals surface area (Å²) in [7, 11) is 0. The molecule has 9 nitrogen and oxygen atoms in total. The molecule has 3 aliphatic rings. The number of anilines is 2. The zero-order chi connectivity index (χ0) is 33.7. The largest absolute Gasteiger partial charge is 0.482 e. The van der Waals surface area contributed by atoms with Crippen LogP contribution < -0.4 is 15.4 Å². The van der Waals surface area contributed by atoms with Crippen molar-refractivity contribution in [2.24, 2.45) is 5.92 Å². The van der Waals surface area contributed by atoms with Crippen molar-refractivity contribution in [1.29, 1.82) is 0 Å². The first-order chi connectivity index (χ1) is 22.1. The highest BCUT2D eigenvalue weighted by Crippen LogP contribution is 2.49. The predicted octanol–water partition coefficient (Wildman–Crippen LogP) is 6.81. The van der Waals surface area contributed by atoms with E-state index in [1.807, 2.05) is 6.92 Å². The number of nitrogens with zero attached hydrogens (tertiary/aromatic N) is 4. The number of alkyl halides is 5. The lowest BCUT2D eigenvalue weighted by atomic mass is 9.75. The summed E-state index contributed by atoms with van der Waals surface area (Å²) in [5.74, 6) is -2.77. The lowest BCUT2D eigenvalue weighted by molar-refractivity contribution is -0.153. The Hall–Kier alpha value is -4.75. The van der Waals surface area contributed by atoms with Gasteiger partial charge >= 0.3 is 12.1 Å². The molecule has 4 aromatic rings. The highest BCUT2D eigenvalue weighted by molar-refractivity contribution is 5.86. The third-order valence-electron chi connectivity index (χ3n) is 8.68. The van der Waals surface area contributed by atoms with Gasteiger partial charge in [-0.1, -0.05) is 54.4 Å². The number of benzene rings is 2. The number of hydrogen-bond donors (Lipinski definition) is 2. The molecule has 0 radical (unpaired) electrons. The third-order valence-corrected chi connectivity index (χ3v) is 8.68. The van der Waals surface area contributed by atoms with E-state index in [-0.39, 0.29) is 11.1 Å². The van der Waals surface area contributed by atoms with Crippen molar-refractivity contribution >= 4 is 17.3 Å². The van der Waals surface area contributed by atoms with Crippen molar-refractivity contribution in [1.82, 2.24) is 15.1 Å². The number of rotatable bonds is 8. The van der Waals surface area contributed by atoms with Gasteiger partial charge in [-0.2, -0.15) is 18.2 Å². The molecule has 0 spiro atoms. The van der Waals surface area contributed by atoms with E-state index in [0.717, 1.165) is 53.0 Å². The second-order valence-corrected chi connectivity index (χ2v) is 12.5. The van der Waals surface area contributed by atoms with E-state index in [1.54, 1.807) is 0 Å². The second-order valence-electron chi connectivity index (χ2n) is 12.5. The summed E-state index contributed by atoms with van der Waals surface area (Å²) in [5.41, 5.74) is 13.0. The van der Waals surface area contributed by atoms with Crippen molar-refractivity contribution in [3.8, 4) is 16.9 Å². The van der Waals surface area contributed by atoms with Gasteiger partial charge in [-0.3, -0.25) is 0 Å². The van der Waals surface area contributed by atoms with Crippen LogP contribution in [0, 0.1) is 12.8 Å². The van der Waals surface area contributed by atoms with Crippen LogP contribution in [0.1, 0.15) is 65.1 Å². The first kappa shape index (κ1) is 32.2. The Morgan fingerprint density at radius 1 is 1.15 bits per heavy atom. The number of aromatic nitrogens is 3. The molecule has 1 saturated heterocycles. The number of carboxylic acids is 1. The SMILES string of the molecule is Cc1nc(C(C)(CC2CC2)c2ccc3c(c2N)Cc2ccccc2-3)no1.O=C(O)c1cc(OCC(F)(F)F)c(N2CC(F)(F)C2)cn1. The van der Waals surface area contributed by atoms with Crippen LogP contribution in [0.4, 0.5) is 33.3 Å². The van der Waals surface area contributed by atoms with Gasteiger partial charge in [0, 0.05) is 25.1 Å². The molecule has 248 valence electrons. The number of carbonyl (C=O) groups is 1. The summed E-state index contributed by atoms with van der Waals surface area (Å²) >= 11 is 0. The maximum Gasteiger partial charge on any atom is 0.422 e. The number of aryl methyl sites for hydroxylation is 1. The summed E-state index contributed by atoms with van der Waals surface area (Å²) in [6.45, 7) is 1.02. The molecule has 1 aliphatic heterocycles. The van der Waals surface area contributed by atoms with E-state index < -0.39 is 49.2 Å². The van der Waals surface area contributed by atoms with Crippen LogP contribution in [-0.2, 0) is 11.8 Å². The summed E-state index contributed by atoms with van der Waals surface area (Å²) in [6, 6.07) is 13.8. The average Bonchev–Trinajstić information content (AvgIpc) is 3.55. The normalized spacial score (nSPS) is 17.5. The molecule has 1 unspecified atom stereocenters. The summed E-state index contributed by atoms with van der Waals surface area (Å²) in [6.07, 6.45) is 0.747. The number of aromatic carboxylic acids is 1. The van der Waals surface area contributed by atoms with Crippen LogP contribution in [0.5, 0.6) is 5.75 Å². The van der Waals surface area contributed by atoms with Gasteiger partial charge in [0.05, 0.1) is 30.4 Å². The van der Waals surface area contributed by atoms with Gasteiger partial charge in [-0.15, -0.1) is 0 Å². The molecule has 47 heavy (non-hydrogen) atoms. The van der Waals surface area contributed by atoms with Crippen LogP contribution in [0.25, 0.3) is 11.1 Å². The molecule has 7 rings (SSSR count). The third kappa shape index (κ3) is 6.72. The molecule has 2 fully saturated rings. The molecule has 2 aromatic heterocycles. The smallest absolute Gasteiger partial charge is 0.422 e. The number of nitrogens with two attached hydrogens (primary N) is 1. The quantitative estimate of drug-likeness (QED) is 0.137. The van der Waals surface area contributed by atoms with Gasteiger partial charge in [-0.25, -0.2) is 18.6 Å². The van der Waals surface area contributed by atoms with Crippen LogP contribution in [0.15, 0.2) is 53.2 Å². The highest BCUT2D eigenvalue weighted by atomic mass is 19.4. The maximum absolute atomic E-state index is 12.8. The average molecular weight is 658 g/mol. The number of nitrogen functional groups attached to an aromatic ring is 1. The van der Waals surface area contributed by atoms with Gasteiger partial charge in [0.15, 0.2) is 18.1 Å². The van der Waals surface area contributed by atoms with Crippen LogP contribution >= 0.6 is 0 Å². The number of pyridine rings is 1. The number of ether oxygens (including phenoxy) is 1. The number of fused-ring (bicyclic) bond motifs is 3. The van der Waals surface area contributed by atoms with Crippen molar-refractivity contribution in [2.45, 2.75) is 57.0 Å². The van der Waals surface area contributed by atoms with Gasteiger partial charge < -0.3 is 25.0 Å². The zero-order valence-electron chi connectivity index (χ0n) is 25.6. The van der Waals surface area contributed by atoms with Crippen LogP contribution in [-0.4, -0.2) is 58.0 Å². The minimum absolute atomic E-state index is 0.102. The Balaban J connectivity index is 0.000000169. The lowest BCUT2D eigenvalue weighted by Gasteiger charge is -2.40. The zero-order valence-corrected chi connectivity index (χ0v) is 25.6. The maximum atomic E-state index is 12.8. The molecule has 0 bridgehead atoms. The number of halogens is 5. The fraction of sp³-hybridized carbons (Fsp3) is 0.394. The van der Waals surface area contributed by atoms with Gasteiger partial charge in [-0.05, 0) is 47.1 Å². The van der Waals surface area contributed by atoms with Crippen LogP contribution in [0.3, 0.4) is 0 Å². The van der Waals surface area contributed by atoms with Gasteiger partial charge in [0.1, 0.15) is 5.75 Å². The second kappa shape index (κ2) is 11.8. The topological polar surface area (TPSA) is 128 Å². The fourth-order valence-corrected chi connectivity index (χ4v) is 6.20. The molecule has 2 aliphatic carbocycles. The summed E-state index contributed by atoms with van der Waals surface area (Å²) in [5, 5.41) is 13.0. The Morgan fingerprint density at radius 2 is 1.87 bits per heavy atom. The molecular weight excluding hydrogens is 625 g/mol. The van der Waals surface area contributed by atoms with Gasteiger partial charge in [0.2, 0.25) is 5.89 Å². The fourth-order valence-electron chi connectivity index (χ4n) is 6.20. The van der Waals surface area contributed by atoms with Crippen molar-refractivity contribution in [3.05, 3.63) is 82.8 Å². The minimum Gasteiger partial charge on any atom is -0.482 e. The molecule has 14 heteroatoms. The molecule has 1 saturated carbocycles. The molecule has 3 heterocycles. The Kier molecular flexibility index (Phi) is 8.09. The molecule has 3 N–H and O–H groups in total. The van der Waals surface area contributed by atoms with E-state index in [2.05, 4.69) is 63.2 Å². The van der Waals surface area contributed by atoms with E-state index in [1.165, 1.54) is 35.1 Å². The summed E-state index contributed by atoms with van der Waals surface area (Å²) < 4.78 is 71.9. The van der Waals surface area contributed by atoms with E-state index >= 15 is 0 Å². The summed E-state index contributed by atoms with van der Waals surface area (Å²) in [4.78, 5) is 19.9. The minimum atomic E-state index is -4.64. The van der Waals surface area contributed by atoms with E-state index in [4.69, 9.17) is 15.4 Å². The highest BCUT2D eigenvalue weighted by Gasteiger charge is 2.45. The Morgan fingerprint density at radius 3 is 2.49 bits per heavy atom. The predicted molar refractivity (Wildman–Crippen MR) is 162 cm³/mol. The molecular formula is C33H32F5N5O4. The van der Waals surface area contributed by atoms with E-state index in [9.17, 15) is 26.7 Å². The molecule has 2 aromatic carbocycles. The van der Waals surface area contributed by atoms with E-state index in [0.29, 0.717) is 5.89 Å². The number of carboxylic acid groups (broad SMARTS) is 1.